The predicted octanol–water partition coefficient (Wildman–Crippen LogP) is 1.66. The Hall–Kier alpha value is -2.15. The first-order chi connectivity index (χ1) is 14.2. The van der Waals surface area contributed by atoms with Crippen LogP contribution in [0.1, 0.15) is 28.1 Å². The maximum absolute atomic E-state index is 13.9. The van der Waals surface area contributed by atoms with E-state index in [-0.39, 0.29) is 22.5 Å². The van der Waals surface area contributed by atoms with Crippen molar-refractivity contribution >= 4 is 38.1 Å². The molecule has 1 aliphatic heterocycles. The highest BCUT2D eigenvalue weighted by Gasteiger charge is 2.29. The largest absolute Gasteiger partial charge is 0.382 e. The first kappa shape index (κ1) is 22.5. The topological polar surface area (TPSA) is 117 Å². The molecule has 0 radical (unpaired) electrons. The van der Waals surface area contributed by atoms with Gasteiger partial charge in [0.2, 0.25) is 15.8 Å². The third kappa shape index (κ3) is 4.94. The van der Waals surface area contributed by atoms with Crippen molar-refractivity contribution in [1.82, 2.24) is 14.6 Å². The van der Waals surface area contributed by atoms with E-state index in [0.29, 0.717) is 37.6 Å². The SMILES string of the molecule is CNCCS(=O)(=O)N1CCC(Nc2nc(N)c(C(=O)c3c(F)cccc3F)s2)CC1. The third-order valence-electron chi connectivity index (χ3n) is 4.83. The van der Waals surface area contributed by atoms with E-state index < -0.39 is 33.0 Å². The summed E-state index contributed by atoms with van der Waals surface area (Å²) in [6.07, 6.45) is 1.12. The number of nitrogen functional groups attached to an aromatic ring is 1. The predicted molar refractivity (Wildman–Crippen MR) is 112 cm³/mol. The van der Waals surface area contributed by atoms with Gasteiger partial charge in [-0.15, -0.1) is 0 Å². The lowest BCUT2D eigenvalue weighted by Crippen LogP contribution is -2.44. The minimum absolute atomic E-state index is 0.0443. The van der Waals surface area contributed by atoms with Crippen LogP contribution in [0.15, 0.2) is 18.2 Å². The Morgan fingerprint density at radius 2 is 1.93 bits per heavy atom. The number of sulfonamides is 1. The fraction of sp³-hybridized carbons (Fsp3) is 0.444. The van der Waals surface area contributed by atoms with Gasteiger partial charge in [-0.2, -0.15) is 0 Å². The van der Waals surface area contributed by atoms with Gasteiger partial charge in [-0.05, 0) is 32.0 Å². The van der Waals surface area contributed by atoms with Crippen molar-refractivity contribution in [2.75, 3.05) is 43.5 Å². The zero-order chi connectivity index (χ0) is 21.9. The molecule has 0 saturated carbocycles. The van der Waals surface area contributed by atoms with Gasteiger partial charge in [-0.1, -0.05) is 17.4 Å². The second kappa shape index (κ2) is 9.33. The summed E-state index contributed by atoms with van der Waals surface area (Å²) in [7, 11) is -1.60. The normalized spacial score (nSPS) is 16.0. The van der Waals surface area contributed by atoms with Crippen LogP contribution in [-0.2, 0) is 10.0 Å². The molecule has 4 N–H and O–H groups in total. The van der Waals surface area contributed by atoms with Crippen LogP contribution in [0.5, 0.6) is 0 Å². The molecule has 0 bridgehead atoms. The Labute approximate surface area is 177 Å². The summed E-state index contributed by atoms with van der Waals surface area (Å²) in [6, 6.07) is 3.13. The van der Waals surface area contributed by atoms with E-state index in [1.165, 1.54) is 10.4 Å². The number of hydrogen-bond acceptors (Lipinski definition) is 8. The Morgan fingerprint density at radius 3 is 2.53 bits per heavy atom. The van der Waals surface area contributed by atoms with Gasteiger partial charge in [0, 0.05) is 25.7 Å². The van der Waals surface area contributed by atoms with Crippen LogP contribution in [0, 0.1) is 11.6 Å². The molecule has 0 aliphatic carbocycles. The number of anilines is 2. The minimum Gasteiger partial charge on any atom is -0.382 e. The number of piperidine rings is 1. The number of carbonyl (C=O) groups excluding carboxylic acids is 1. The fourth-order valence-electron chi connectivity index (χ4n) is 3.20. The Kier molecular flexibility index (Phi) is 7.01. The number of ketones is 1. The molecule has 2 aromatic rings. The quantitative estimate of drug-likeness (QED) is 0.514. The Bertz CT molecular complexity index is 1000. The van der Waals surface area contributed by atoms with Crippen molar-refractivity contribution in [2.24, 2.45) is 0 Å². The molecule has 3 rings (SSSR count). The molecule has 8 nitrogen and oxygen atoms in total. The molecule has 12 heteroatoms. The minimum atomic E-state index is -3.30. The van der Waals surface area contributed by atoms with Gasteiger partial charge in [-0.25, -0.2) is 26.5 Å². The molecule has 30 heavy (non-hydrogen) atoms. The standard InChI is InChI=1S/C18H23F2N5O3S2/c1-22-7-10-30(27,28)25-8-5-11(6-9-25)23-18-24-17(21)16(29-18)15(26)14-12(19)3-2-4-13(14)20/h2-4,11,22H,5-10,21H2,1H3,(H,23,24). The highest BCUT2D eigenvalue weighted by molar-refractivity contribution is 7.89. The maximum atomic E-state index is 13.9. The van der Waals surface area contributed by atoms with Crippen LogP contribution in [0.4, 0.5) is 19.7 Å². The van der Waals surface area contributed by atoms with Gasteiger partial charge in [0.05, 0.1) is 11.3 Å². The van der Waals surface area contributed by atoms with Gasteiger partial charge < -0.3 is 16.4 Å². The number of nitrogens with one attached hydrogen (secondary N) is 2. The molecule has 0 amide bonds. The van der Waals surface area contributed by atoms with Crippen LogP contribution < -0.4 is 16.4 Å². The fourth-order valence-corrected chi connectivity index (χ4v) is 5.59. The van der Waals surface area contributed by atoms with Gasteiger partial charge >= 0.3 is 0 Å². The lowest BCUT2D eigenvalue weighted by atomic mass is 10.1. The molecular weight excluding hydrogens is 436 g/mol. The third-order valence-corrected chi connectivity index (χ3v) is 7.71. The molecule has 1 aliphatic rings. The number of nitrogens with zero attached hydrogens (tertiary/aromatic N) is 2. The number of benzene rings is 1. The van der Waals surface area contributed by atoms with Gasteiger partial charge in [0.15, 0.2) is 5.13 Å². The summed E-state index contributed by atoms with van der Waals surface area (Å²) in [5, 5.41) is 6.33. The average molecular weight is 460 g/mol. The Morgan fingerprint density at radius 1 is 1.30 bits per heavy atom. The first-order valence-electron chi connectivity index (χ1n) is 9.37. The molecule has 1 aromatic carbocycles. The molecule has 0 spiro atoms. The van der Waals surface area contributed by atoms with E-state index in [0.717, 1.165) is 23.5 Å². The zero-order valence-corrected chi connectivity index (χ0v) is 18.0. The highest BCUT2D eigenvalue weighted by atomic mass is 32.2. The number of aromatic nitrogens is 1. The molecule has 1 fully saturated rings. The van der Waals surface area contributed by atoms with E-state index in [1.807, 2.05) is 0 Å². The number of nitrogens with two attached hydrogens (primary N) is 1. The summed E-state index contributed by atoms with van der Waals surface area (Å²) >= 11 is 0.921. The van der Waals surface area contributed by atoms with Crippen LogP contribution in [0.25, 0.3) is 0 Å². The second-order valence-corrected chi connectivity index (χ2v) is 9.98. The van der Waals surface area contributed by atoms with Gasteiger partial charge in [-0.3, -0.25) is 4.79 Å². The highest BCUT2D eigenvalue weighted by Crippen LogP contribution is 2.30. The molecule has 0 atom stereocenters. The van der Waals surface area contributed by atoms with E-state index in [4.69, 9.17) is 5.73 Å². The van der Waals surface area contributed by atoms with Crippen molar-refractivity contribution < 1.29 is 22.0 Å². The number of halogens is 2. The van der Waals surface area contributed by atoms with Gasteiger partial charge in [0.1, 0.15) is 22.3 Å². The number of rotatable bonds is 8. The molecular formula is C18H23F2N5O3S2. The summed E-state index contributed by atoms with van der Waals surface area (Å²) in [4.78, 5) is 16.6. The summed E-state index contributed by atoms with van der Waals surface area (Å²) in [6.45, 7) is 1.13. The van der Waals surface area contributed by atoms with Crippen molar-refractivity contribution in [3.8, 4) is 0 Å². The van der Waals surface area contributed by atoms with Crippen LogP contribution in [-0.4, -0.2) is 62.0 Å². The number of carbonyl (C=O) groups is 1. The van der Waals surface area contributed by atoms with Crippen molar-refractivity contribution in [3.05, 3.63) is 40.3 Å². The van der Waals surface area contributed by atoms with Crippen LogP contribution >= 0.6 is 11.3 Å². The molecule has 1 saturated heterocycles. The van der Waals surface area contributed by atoms with E-state index in [9.17, 15) is 22.0 Å². The smallest absolute Gasteiger partial charge is 0.215 e. The number of hydrogen-bond donors (Lipinski definition) is 3. The first-order valence-corrected chi connectivity index (χ1v) is 11.8. The van der Waals surface area contributed by atoms with E-state index >= 15 is 0 Å². The molecule has 2 heterocycles. The molecule has 0 unspecified atom stereocenters. The van der Waals surface area contributed by atoms with E-state index in [2.05, 4.69) is 15.6 Å². The second-order valence-electron chi connectivity index (χ2n) is 6.90. The average Bonchev–Trinajstić information content (AvgIpc) is 3.06. The lowest BCUT2D eigenvalue weighted by Gasteiger charge is -2.31. The van der Waals surface area contributed by atoms with Crippen molar-refractivity contribution in [3.63, 3.8) is 0 Å². The molecule has 1 aromatic heterocycles. The van der Waals surface area contributed by atoms with Crippen molar-refractivity contribution in [2.45, 2.75) is 18.9 Å². The molecule has 164 valence electrons. The number of thiazole rings is 1. The van der Waals surface area contributed by atoms with Crippen LogP contribution in [0.3, 0.4) is 0 Å². The van der Waals surface area contributed by atoms with Crippen molar-refractivity contribution in [1.29, 1.82) is 0 Å². The Balaban J connectivity index is 1.65. The van der Waals surface area contributed by atoms with Gasteiger partial charge in [0.25, 0.3) is 0 Å². The summed E-state index contributed by atoms with van der Waals surface area (Å²) in [5.74, 6) is -2.85. The van der Waals surface area contributed by atoms with Crippen LogP contribution in [0.2, 0.25) is 0 Å². The summed E-state index contributed by atoms with van der Waals surface area (Å²) in [5.41, 5.74) is 5.14. The van der Waals surface area contributed by atoms with E-state index in [1.54, 1.807) is 7.05 Å². The maximum Gasteiger partial charge on any atom is 0.215 e. The monoisotopic (exact) mass is 459 g/mol. The summed E-state index contributed by atoms with van der Waals surface area (Å²) < 4.78 is 53.8. The lowest BCUT2D eigenvalue weighted by molar-refractivity contribution is 0.103. The zero-order valence-electron chi connectivity index (χ0n) is 16.3.